The van der Waals surface area contributed by atoms with E-state index in [1.54, 1.807) is 0 Å². The molecule has 2 aromatic heterocycles. The van der Waals surface area contributed by atoms with Gasteiger partial charge in [-0.2, -0.15) is 0 Å². The van der Waals surface area contributed by atoms with Crippen LogP contribution in [0, 0.1) is 0 Å². The SMILES string of the molecule is c1ccc(-n2c3ccccc3c3c4c5ccccc5c(-c5ccc(-c6nc(-c7cccc8ccccc78)cc(-c7cccc8ccccc78)n6)cc5)cc4c4ccccc4c32)cc1. The summed E-state index contributed by atoms with van der Waals surface area (Å²) in [6, 6.07) is 80.9. The van der Waals surface area contributed by atoms with Crippen LogP contribution in [0.4, 0.5) is 0 Å². The van der Waals surface area contributed by atoms with E-state index in [1.165, 1.54) is 81.2 Å². The average molecular weight is 800 g/mol. The lowest BCUT2D eigenvalue weighted by molar-refractivity contribution is 1.19. The summed E-state index contributed by atoms with van der Waals surface area (Å²) in [6.07, 6.45) is 0. The van der Waals surface area contributed by atoms with Crippen molar-refractivity contribution in [2.45, 2.75) is 0 Å². The average Bonchev–Trinajstić information content (AvgIpc) is 3.71. The minimum atomic E-state index is 0.696. The summed E-state index contributed by atoms with van der Waals surface area (Å²) in [5, 5.41) is 14.7. The number of rotatable bonds is 5. The topological polar surface area (TPSA) is 30.7 Å². The fourth-order valence-corrected chi connectivity index (χ4v) is 10.2. The molecular weight excluding hydrogens is 763 g/mol. The van der Waals surface area contributed by atoms with Gasteiger partial charge in [-0.05, 0) is 84.5 Å². The summed E-state index contributed by atoms with van der Waals surface area (Å²) >= 11 is 0. The Hall–Kier alpha value is -8.40. The van der Waals surface area contributed by atoms with Crippen LogP contribution in [-0.2, 0) is 0 Å². The monoisotopic (exact) mass is 799 g/mol. The van der Waals surface area contributed by atoms with Gasteiger partial charge in [-0.1, -0.05) is 194 Å². The first-order valence-corrected chi connectivity index (χ1v) is 21.6. The number of hydrogen-bond donors (Lipinski definition) is 0. The molecular formula is C60H37N3. The normalized spacial score (nSPS) is 11.8. The van der Waals surface area contributed by atoms with Crippen molar-refractivity contribution >= 4 is 75.7 Å². The van der Waals surface area contributed by atoms with Crippen molar-refractivity contribution in [1.29, 1.82) is 0 Å². The minimum Gasteiger partial charge on any atom is -0.309 e. The highest BCUT2D eigenvalue weighted by Crippen LogP contribution is 2.47. The Morgan fingerprint density at radius 3 is 1.48 bits per heavy atom. The molecule has 0 aliphatic rings. The van der Waals surface area contributed by atoms with E-state index in [0.717, 1.165) is 39.3 Å². The molecule has 0 saturated heterocycles. The Labute approximate surface area is 363 Å². The van der Waals surface area contributed by atoms with E-state index >= 15 is 0 Å². The molecule has 0 unspecified atom stereocenters. The van der Waals surface area contributed by atoms with E-state index < -0.39 is 0 Å². The van der Waals surface area contributed by atoms with Crippen LogP contribution in [0.5, 0.6) is 0 Å². The second-order valence-electron chi connectivity index (χ2n) is 16.4. The molecule has 2 heterocycles. The molecule has 0 amide bonds. The maximum absolute atomic E-state index is 5.32. The predicted octanol–water partition coefficient (Wildman–Crippen LogP) is 16.0. The second-order valence-corrected chi connectivity index (χ2v) is 16.4. The van der Waals surface area contributed by atoms with Crippen LogP contribution in [0.1, 0.15) is 0 Å². The molecule has 0 spiro atoms. The van der Waals surface area contributed by atoms with Gasteiger partial charge in [0.25, 0.3) is 0 Å². The summed E-state index contributed by atoms with van der Waals surface area (Å²) in [4.78, 5) is 10.6. The van der Waals surface area contributed by atoms with Crippen molar-refractivity contribution in [2.75, 3.05) is 0 Å². The fourth-order valence-electron chi connectivity index (χ4n) is 10.2. The fraction of sp³-hybridized carbons (Fsp3) is 0. The van der Waals surface area contributed by atoms with Gasteiger partial charge in [0.15, 0.2) is 5.82 Å². The third kappa shape index (κ3) is 5.53. The molecule has 0 saturated carbocycles. The molecule has 3 nitrogen and oxygen atoms in total. The molecule has 0 radical (unpaired) electrons. The van der Waals surface area contributed by atoms with E-state index in [1.807, 2.05) is 0 Å². The number of nitrogens with zero attached hydrogens (tertiary/aromatic N) is 3. The van der Waals surface area contributed by atoms with Crippen molar-refractivity contribution in [3.63, 3.8) is 0 Å². The zero-order chi connectivity index (χ0) is 41.4. The van der Waals surface area contributed by atoms with Gasteiger partial charge in [-0.25, -0.2) is 9.97 Å². The molecule has 0 bridgehead atoms. The Balaban J connectivity index is 1.03. The molecule has 0 fully saturated rings. The van der Waals surface area contributed by atoms with Crippen molar-refractivity contribution in [1.82, 2.24) is 14.5 Å². The van der Waals surface area contributed by atoms with Crippen LogP contribution in [0.3, 0.4) is 0 Å². The van der Waals surface area contributed by atoms with Gasteiger partial charge in [-0.3, -0.25) is 0 Å². The molecule has 63 heavy (non-hydrogen) atoms. The summed E-state index contributed by atoms with van der Waals surface area (Å²) in [6.45, 7) is 0. The van der Waals surface area contributed by atoms with Crippen LogP contribution in [0.2, 0.25) is 0 Å². The summed E-state index contributed by atoms with van der Waals surface area (Å²) in [7, 11) is 0. The lowest BCUT2D eigenvalue weighted by atomic mass is 9.88. The molecule has 292 valence electrons. The molecule has 3 heteroatoms. The quantitative estimate of drug-likeness (QED) is 0.162. The Morgan fingerprint density at radius 2 is 0.810 bits per heavy atom. The highest BCUT2D eigenvalue weighted by atomic mass is 15.0. The van der Waals surface area contributed by atoms with E-state index in [9.17, 15) is 0 Å². The largest absolute Gasteiger partial charge is 0.309 e. The smallest absolute Gasteiger partial charge is 0.160 e. The first-order valence-electron chi connectivity index (χ1n) is 21.6. The van der Waals surface area contributed by atoms with E-state index in [0.29, 0.717) is 5.82 Å². The molecule has 0 N–H and O–H groups in total. The molecule has 0 aliphatic carbocycles. The molecule has 0 atom stereocenters. The van der Waals surface area contributed by atoms with Crippen LogP contribution in [-0.4, -0.2) is 14.5 Å². The molecule has 11 aromatic carbocycles. The van der Waals surface area contributed by atoms with Gasteiger partial charge in [0.1, 0.15) is 0 Å². The van der Waals surface area contributed by atoms with Crippen molar-refractivity contribution in [3.8, 4) is 50.7 Å². The maximum Gasteiger partial charge on any atom is 0.160 e. The highest BCUT2D eigenvalue weighted by molar-refractivity contribution is 6.38. The van der Waals surface area contributed by atoms with Crippen molar-refractivity contribution in [3.05, 3.63) is 224 Å². The van der Waals surface area contributed by atoms with Crippen molar-refractivity contribution in [2.24, 2.45) is 0 Å². The maximum atomic E-state index is 5.32. The first-order chi connectivity index (χ1) is 31.3. The molecule has 0 aliphatic heterocycles. The summed E-state index contributed by atoms with van der Waals surface area (Å²) < 4.78 is 2.46. The van der Waals surface area contributed by atoms with Gasteiger partial charge in [0.2, 0.25) is 0 Å². The van der Waals surface area contributed by atoms with Gasteiger partial charge in [0.05, 0.1) is 22.4 Å². The summed E-state index contributed by atoms with van der Waals surface area (Å²) in [5.74, 6) is 0.696. The predicted molar refractivity (Wildman–Crippen MR) is 266 cm³/mol. The second kappa shape index (κ2) is 14.1. The van der Waals surface area contributed by atoms with Gasteiger partial charge in [0, 0.05) is 43.9 Å². The van der Waals surface area contributed by atoms with Gasteiger partial charge >= 0.3 is 0 Å². The summed E-state index contributed by atoms with van der Waals surface area (Å²) in [5.41, 5.74) is 10.9. The third-order valence-electron chi connectivity index (χ3n) is 13.0. The Kier molecular flexibility index (Phi) is 7.91. The zero-order valence-electron chi connectivity index (χ0n) is 34.2. The third-order valence-corrected chi connectivity index (χ3v) is 13.0. The van der Waals surface area contributed by atoms with Crippen LogP contribution in [0.15, 0.2) is 224 Å². The number of para-hydroxylation sites is 2. The van der Waals surface area contributed by atoms with Crippen LogP contribution >= 0.6 is 0 Å². The Morgan fingerprint density at radius 1 is 0.302 bits per heavy atom. The standard InChI is InChI=1S/C60H37N3/c1-2-20-42(21-3-1)63-56-31-13-12-28-51(56)58-57-49-26-10-8-24-45(49)52(36-53(57)46-25-9-11-27-50(46)59(58)63)40-32-34-41(35-33-40)60-61-54(47-29-14-18-38-16-4-6-22-43(38)47)37-55(62-60)48-30-15-19-39-17-5-7-23-44(39)48/h1-37H. The number of aromatic nitrogens is 3. The van der Waals surface area contributed by atoms with E-state index in [4.69, 9.17) is 9.97 Å². The minimum absolute atomic E-state index is 0.696. The Bertz CT molecular complexity index is 3850. The van der Waals surface area contributed by atoms with E-state index in [-0.39, 0.29) is 0 Å². The van der Waals surface area contributed by atoms with Gasteiger partial charge in [-0.15, -0.1) is 0 Å². The number of hydrogen-bond acceptors (Lipinski definition) is 2. The van der Waals surface area contributed by atoms with E-state index in [2.05, 4.69) is 229 Å². The van der Waals surface area contributed by atoms with Crippen LogP contribution in [0.25, 0.3) is 126 Å². The highest BCUT2D eigenvalue weighted by Gasteiger charge is 2.22. The number of benzene rings is 11. The van der Waals surface area contributed by atoms with Crippen molar-refractivity contribution < 1.29 is 0 Å². The first kappa shape index (κ1) is 35.4. The number of fused-ring (bicyclic) bond motifs is 12. The zero-order valence-corrected chi connectivity index (χ0v) is 34.2. The lowest BCUT2D eigenvalue weighted by Crippen LogP contribution is -1.97. The molecule has 13 aromatic rings. The lowest BCUT2D eigenvalue weighted by Gasteiger charge is -2.16. The molecule has 13 rings (SSSR count). The van der Waals surface area contributed by atoms with Gasteiger partial charge < -0.3 is 4.57 Å². The van der Waals surface area contributed by atoms with Crippen LogP contribution < -0.4 is 0 Å².